The molecule has 208 valence electrons. The molecule has 0 saturated carbocycles. The molecule has 0 aliphatic carbocycles. The van der Waals surface area contributed by atoms with Gasteiger partial charge in [0.05, 0.1) is 43.8 Å². The molecule has 0 aliphatic heterocycles. The number of aromatic nitrogens is 2. The van der Waals surface area contributed by atoms with Crippen LogP contribution in [0.15, 0.2) is 87.6 Å². The van der Waals surface area contributed by atoms with E-state index in [1.807, 2.05) is 30.3 Å². The molecular formula is C31H27N3O7. The lowest BCUT2D eigenvalue weighted by molar-refractivity contribution is -0.142. The number of para-hydroxylation sites is 1. The molecule has 0 aliphatic rings. The quantitative estimate of drug-likeness (QED) is 0.135. The summed E-state index contributed by atoms with van der Waals surface area (Å²) < 4.78 is 28.7. The minimum Gasteiger partial charge on any atom is -0.496 e. The number of allylic oxidation sites excluding steroid dienone is 1. The van der Waals surface area contributed by atoms with E-state index in [4.69, 9.17) is 23.6 Å². The van der Waals surface area contributed by atoms with Crippen LogP contribution in [-0.2, 0) is 16.0 Å². The zero-order valence-corrected chi connectivity index (χ0v) is 22.7. The highest BCUT2D eigenvalue weighted by Gasteiger charge is 2.19. The number of rotatable bonds is 10. The molecule has 2 heterocycles. The van der Waals surface area contributed by atoms with Gasteiger partial charge in [-0.1, -0.05) is 24.3 Å². The van der Waals surface area contributed by atoms with Crippen molar-refractivity contribution in [2.24, 2.45) is 5.10 Å². The number of hydrogen-bond donors (Lipinski definition) is 0. The van der Waals surface area contributed by atoms with Gasteiger partial charge in [0.2, 0.25) is 5.82 Å². The predicted octanol–water partition coefficient (Wildman–Crippen LogP) is 4.99. The Labute approximate surface area is 235 Å². The fourth-order valence-electron chi connectivity index (χ4n) is 4.41. The smallest absolute Gasteiger partial charge is 0.343 e. The SMILES string of the molecule is C=CCc1cc(C=Nn2c(-c3cc4c(OC)cccc4o3)nc3ccccc3c2=O)cc(OC)c1OCC(=O)OC. The second kappa shape index (κ2) is 11.8. The summed E-state index contributed by atoms with van der Waals surface area (Å²) in [5.74, 6) is 1.44. The number of esters is 1. The van der Waals surface area contributed by atoms with E-state index in [1.165, 1.54) is 25.1 Å². The van der Waals surface area contributed by atoms with Crippen LogP contribution in [0.2, 0.25) is 0 Å². The molecule has 0 amide bonds. The second-order valence-electron chi connectivity index (χ2n) is 8.87. The van der Waals surface area contributed by atoms with Crippen molar-refractivity contribution in [2.45, 2.75) is 6.42 Å². The molecular weight excluding hydrogens is 526 g/mol. The summed E-state index contributed by atoms with van der Waals surface area (Å²) in [7, 11) is 4.36. The van der Waals surface area contributed by atoms with Crippen LogP contribution in [0.3, 0.4) is 0 Å². The molecule has 0 saturated heterocycles. The summed E-state index contributed by atoms with van der Waals surface area (Å²) in [6.07, 6.45) is 3.65. The van der Waals surface area contributed by atoms with Crippen molar-refractivity contribution in [3.8, 4) is 28.8 Å². The Morgan fingerprint density at radius 2 is 1.83 bits per heavy atom. The van der Waals surface area contributed by atoms with Crippen molar-refractivity contribution in [3.63, 3.8) is 0 Å². The number of ether oxygens (including phenoxy) is 4. The zero-order valence-electron chi connectivity index (χ0n) is 22.7. The lowest BCUT2D eigenvalue weighted by Crippen LogP contribution is -2.20. The average molecular weight is 554 g/mol. The summed E-state index contributed by atoms with van der Waals surface area (Å²) in [5, 5.41) is 5.68. The Hall–Kier alpha value is -5.38. The molecule has 0 fully saturated rings. The van der Waals surface area contributed by atoms with Crippen molar-refractivity contribution in [3.05, 3.63) is 94.8 Å². The third-order valence-electron chi connectivity index (χ3n) is 6.34. The number of carbonyl (C=O) groups excluding carboxylic acids is 1. The first kappa shape index (κ1) is 27.2. The van der Waals surface area contributed by atoms with Gasteiger partial charge >= 0.3 is 5.97 Å². The third-order valence-corrected chi connectivity index (χ3v) is 6.34. The van der Waals surface area contributed by atoms with Gasteiger partial charge in [0.1, 0.15) is 11.3 Å². The molecule has 5 aromatic rings. The standard InChI is InChI=1S/C31H27N3O7/c1-5-9-20-14-19(15-26(38-3)29(20)40-18-28(35)39-4)17-32-34-30(33-23-11-7-6-10-21(23)31(34)36)27-16-22-24(37-2)12-8-13-25(22)41-27/h5-8,10-17H,1,9,18H2,2-4H3. The molecule has 0 radical (unpaired) electrons. The number of furan rings is 1. The van der Waals surface area contributed by atoms with E-state index >= 15 is 0 Å². The summed E-state index contributed by atoms with van der Waals surface area (Å²) in [6.45, 7) is 3.53. The minimum atomic E-state index is -0.527. The Bertz CT molecular complexity index is 1850. The van der Waals surface area contributed by atoms with Gasteiger partial charge in [-0.05, 0) is 54.4 Å². The van der Waals surface area contributed by atoms with Crippen LogP contribution in [0.25, 0.3) is 33.5 Å². The van der Waals surface area contributed by atoms with Crippen LogP contribution in [0.1, 0.15) is 11.1 Å². The third kappa shape index (κ3) is 5.40. The van der Waals surface area contributed by atoms with Gasteiger partial charge in [-0.3, -0.25) is 4.79 Å². The molecule has 41 heavy (non-hydrogen) atoms. The van der Waals surface area contributed by atoms with E-state index in [0.717, 1.165) is 5.39 Å². The molecule has 0 spiro atoms. The van der Waals surface area contributed by atoms with Gasteiger partial charge in [0.15, 0.2) is 23.9 Å². The topological polar surface area (TPSA) is 114 Å². The van der Waals surface area contributed by atoms with E-state index in [2.05, 4.69) is 16.4 Å². The maximum Gasteiger partial charge on any atom is 0.343 e. The molecule has 0 unspecified atom stereocenters. The first-order valence-corrected chi connectivity index (χ1v) is 12.6. The van der Waals surface area contributed by atoms with E-state index in [-0.39, 0.29) is 18.0 Å². The minimum absolute atomic E-state index is 0.222. The van der Waals surface area contributed by atoms with Crippen LogP contribution in [0.4, 0.5) is 0 Å². The molecule has 5 rings (SSSR count). The lowest BCUT2D eigenvalue weighted by Gasteiger charge is -2.15. The van der Waals surface area contributed by atoms with Crippen LogP contribution in [-0.4, -0.2) is 49.8 Å². The predicted molar refractivity (Wildman–Crippen MR) is 155 cm³/mol. The normalized spacial score (nSPS) is 11.2. The highest BCUT2D eigenvalue weighted by atomic mass is 16.6. The van der Waals surface area contributed by atoms with Crippen molar-refractivity contribution in [1.82, 2.24) is 9.66 Å². The fraction of sp³-hybridized carbons (Fsp3) is 0.161. The Morgan fingerprint density at radius 1 is 1.02 bits per heavy atom. The highest BCUT2D eigenvalue weighted by molar-refractivity contribution is 5.89. The van der Waals surface area contributed by atoms with Crippen molar-refractivity contribution in [1.29, 1.82) is 0 Å². The monoisotopic (exact) mass is 553 g/mol. The van der Waals surface area contributed by atoms with E-state index in [1.54, 1.807) is 43.5 Å². The van der Waals surface area contributed by atoms with Crippen LogP contribution in [0.5, 0.6) is 17.2 Å². The summed E-state index contributed by atoms with van der Waals surface area (Å²) in [4.78, 5) is 30.0. The van der Waals surface area contributed by atoms with E-state index < -0.39 is 5.97 Å². The molecule has 0 atom stereocenters. The van der Waals surface area contributed by atoms with Gasteiger partial charge in [0, 0.05) is 5.56 Å². The number of fused-ring (bicyclic) bond motifs is 2. The molecule has 2 aromatic heterocycles. The van der Waals surface area contributed by atoms with E-state index in [9.17, 15) is 9.59 Å². The zero-order chi connectivity index (χ0) is 28.9. The van der Waals surface area contributed by atoms with Crippen LogP contribution < -0.4 is 19.8 Å². The van der Waals surface area contributed by atoms with E-state index in [0.29, 0.717) is 57.0 Å². The number of benzene rings is 3. The molecule has 10 nitrogen and oxygen atoms in total. The van der Waals surface area contributed by atoms with Crippen molar-refractivity contribution in [2.75, 3.05) is 27.9 Å². The van der Waals surface area contributed by atoms with Gasteiger partial charge in [0.25, 0.3) is 5.56 Å². The fourth-order valence-corrected chi connectivity index (χ4v) is 4.41. The number of methoxy groups -OCH3 is 3. The molecule has 10 heteroatoms. The largest absolute Gasteiger partial charge is 0.496 e. The Balaban J connectivity index is 1.64. The molecule has 3 aromatic carbocycles. The summed E-state index contributed by atoms with van der Waals surface area (Å²) in [6, 6.07) is 17.8. The van der Waals surface area contributed by atoms with Crippen LogP contribution in [0, 0.1) is 0 Å². The molecule has 0 N–H and O–H groups in total. The van der Waals surface area contributed by atoms with Gasteiger partial charge in [-0.2, -0.15) is 9.78 Å². The van der Waals surface area contributed by atoms with Gasteiger partial charge in [-0.15, -0.1) is 6.58 Å². The first-order chi connectivity index (χ1) is 20.0. The number of nitrogens with zero attached hydrogens (tertiary/aromatic N) is 3. The Morgan fingerprint density at radius 3 is 2.59 bits per heavy atom. The summed E-state index contributed by atoms with van der Waals surface area (Å²) in [5.41, 5.74) is 2.04. The second-order valence-corrected chi connectivity index (χ2v) is 8.87. The van der Waals surface area contributed by atoms with Crippen LogP contribution >= 0.6 is 0 Å². The highest BCUT2D eigenvalue weighted by Crippen LogP contribution is 2.34. The van der Waals surface area contributed by atoms with Crippen molar-refractivity contribution >= 4 is 34.1 Å². The first-order valence-electron chi connectivity index (χ1n) is 12.6. The molecule has 0 bridgehead atoms. The maximum atomic E-state index is 13.6. The van der Waals surface area contributed by atoms with Gasteiger partial charge in [-0.25, -0.2) is 9.78 Å². The average Bonchev–Trinajstić information content (AvgIpc) is 3.44. The summed E-state index contributed by atoms with van der Waals surface area (Å²) >= 11 is 0. The number of carbonyl (C=O) groups is 1. The number of hydrogen-bond acceptors (Lipinski definition) is 9. The Kier molecular flexibility index (Phi) is 7.82. The van der Waals surface area contributed by atoms with Gasteiger partial charge < -0.3 is 23.4 Å². The lowest BCUT2D eigenvalue weighted by atomic mass is 10.1. The van der Waals surface area contributed by atoms with Crippen molar-refractivity contribution < 1.29 is 28.2 Å². The maximum absolute atomic E-state index is 13.6.